The lowest BCUT2D eigenvalue weighted by Gasteiger charge is -2.06. The van der Waals surface area contributed by atoms with Gasteiger partial charge in [0.25, 0.3) is 0 Å². The van der Waals surface area contributed by atoms with Crippen LogP contribution in [-0.2, 0) is 6.61 Å². The highest BCUT2D eigenvalue weighted by Gasteiger charge is 2.03. The number of rotatable bonds is 3. The molecule has 12 heavy (non-hydrogen) atoms. The average molecular weight is 232 g/mol. The maximum Gasteiger partial charge on any atom is 0.144 e. The third-order valence-corrected chi connectivity index (χ3v) is 1.78. The first kappa shape index (κ1) is 9.48. The summed E-state index contributed by atoms with van der Waals surface area (Å²) < 4.78 is 6.11. The molecule has 0 saturated heterocycles. The predicted octanol–water partition coefficient (Wildman–Crippen LogP) is 1.74. The van der Waals surface area contributed by atoms with Crippen LogP contribution in [0.2, 0.25) is 0 Å². The molecule has 1 rings (SSSR count). The van der Waals surface area contributed by atoms with E-state index < -0.39 is 0 Å². The van der Waals surface area contributed by atoms with E-state index >= 15 is 0 Å². The number of nitrogens with zero attached hydrogens (tertiary/aromatic N) is 1. The van der Waals surface area contributed by atoms with Crippen LogP contribution in [-0.4, -0.2) is 16.7 Å². The highest BCUT2D eigenvalue weighted by atomic mass is 79.9. The number of aliphatic hydroxyl groups is 1. The molecule has 3 nitrogen and oxygen atoms in total. The number of pyridine rings is 1. The third kappa shape index (κ3) is 2.19. The molecule has 0 atom stereocenters. The van der Waals surface area contributed by atoms with Gasteiger partial charge in [0, 0.05) is 10.7 Å². The molecule has 0 saturated carbocycles. The Hall–Kier alpha value is -0.610. The first-order valence-corrected chi connectivity index (χ1v) is 4.45. The van der Waals surface area contributed by atoms with Crippen molar-refractivity contribution in [1.82, 2.24) is 4.98 Å². The number of halogens is 1. The summed E-state index contributed by atoms with van der Waals surface area (Å²) in [5.74, 6) is 0.634. The van der Waals surface area contributed by atoms with E-state index in [2.05, 4.69) is 20.9 Å². The van der Waals surface area contributed by atoms with Crippen molar-refractivity contribution < 1.29 is 9.84 Å². The zero-order valence-corrected chi connectivity index (χ0v) is 8.34. The lowest BCUT2D eigenvalue weighted by molar-refractivity contribution is 0.261. The average Bonchev–Trinajstić information content (AvgIpc) is 2.05. The van der Waals surface area contributed by atoms with Crippen molar-refractivity contribution in [2.24, 2.45) is 0 Å². The summed E-state index contributed by atoms with van der Waals surface area (Å²) in [5, 5.41) is 8.88. The van der Waals surface area contributed by atoms with Crippen LogP contribution in [0.4, 0.5) is 0 Å². The molecule has 1 aromatic rings. The van der Waals surface area contributed by atoms with E-state index in [-0.39, 0.29) is 6.61 Å². The summed E-state index contributed by atoms with van der Waals surface area (Å²) in [5.41, 5.74) is 0.569. The van der Waals surface area contributed by atoms with Gasteiger partial charge in [-0.3, -0.25) is 4.98 Å². The Morgan fingerprint density at radius 3 is 3.00 bits per heavy atom. The van der Waals surface area contributed by atoms with Crippen molar-refractivity contribution in [3.8, 4) is 5.75 Å². The molecule has 0 spiro atoms. The Morgan fingerprint density at radius 1 is 1.67 bits per heavy atom. The lowest BCUT2D eigenvalue weighted by atomic mass is 10.3. The summed E-state index contributed by atoms with van der Waals surface area (Å²) in [6.07, 6.45) is 1.63. The van der Waals surface area contributed by atoms with Gasteiger partial charge in [-0.15, -0.1) is 0 Å². The first-order valence-electron chi connectivity index (χ1n) is 3.66. The van der Waals surface area contributed by atoms with E-state index in [1.165, 1.54) is 0 Å². The second-order valence-corrected chi connectivity index (χ2v) is 3.11. The molecule has 0 aromatic carbocycles. The Kier molecular flexibility index (Phi) is 3.49. The molecular weight excluding hydrogens is 222 g/mol. The molecule has 0 unspecified atom stereocenters. The maximum absolute atomic E-state index is 8.88. The van der Waals surface area contributed by atoms with Gasteiger partial charge in [-0.2, -0.15) is 0 Å². The molecule has 0 aliphatic heterocycles. The first-order chi connectivity index (χ1) is 5.77. The number of aromatic nitrogens is 1. The molecule has 1 aromatic heterocycles. The van der Waals surface area contributed by atoms with Crippen LogP contribution < -0.4 is 4.74 Å². The molecule has 1 N–H and O–H groups in total. The fraction of sp³-hybridized carbons (Fsp3) is 0.375. The standard InChI is InChI=1S/C8H10BrNO2/c1-2-12-8-3-6(9)4-10-7(8)5-11/h3-4,11H,2,5H2,1H3. The molecule has 4 heteroatoms. The summed E-state index contributed by atoms with van der Waals surface area (Å²) in [4.78, 5) is 3.99. The molecule has 1 heterocycles. The van der Waals surface area contributed by atoms with Crippen molar-refractivity contribution in [3.63, 3.8) is 0 Å². The van der Waals surface area contributed by atoms with E-state index in [0.29, 0.717) is 18.1 Å². The topological polar surface area (TPSA) is 42.4 Å². The van der Waals surface area contributed by atoms with Gasteiger partial charge in [0.15, 0.2) is 0 Å². The van der Waals surface area contributed by atoms with Crippen molar-refractivity contribution in [3.05, 3.63) is 22.4 Å². The fourth-order valence-electron chi connectivity index (χ4n) is 0.848. The van der Waals surface area contributed by atoms with Crippen LogP contribution in [0.15, 0.2) is 16.7 Å². The lowest BCUT2D eigenvalue weighted by Crippen LogP contribution is -1.98. The third-order valence-electron chi connectivity index (χ3n) is 1.35. The minimum absolute atomic E-state index is 0.0946. The minimum atomic E-state index is -0.0946. The molecule has 66 valence electrons. The molecule has 0 bridgehead atoms. The van der Waals surface area contributed by atoms with Crippen LogP contribution in [0.1, 0.15) is 12.6 Å². The minimum Gasteiger partial charge on any atom is -0.492 e. The fourth-order valence-corrected chi connectivity index (χ4v) is 1.16. The normalized spacial score (nSPS) is 9.92. The van der Waals surface area contributed by atoms with Gasteiger partial charge in [0.05, 0.1) is 13.2 Å². The molecule has 0 amide bonds. The van der Waals surface area contributed by atoms with Gasteiger partial charge in [0.1, 0.15) is 11.4 Å². The summed E-state index contributed by atoms with van der Waals surface area (Å²) >= 11 is 3.27. The van der Waals surface area contributed by atoms with E-state index in [1.54, 1.807) is 12.3 Å². The Balaban J connectivity index is 2.95. The largest absolute Gasteiger partial charge is 0.492 e. The highest BCUT2D eigenvalue weighted by Crippen LogP contribution is 2.21. The van der Waals surface area contributed by atoms with Gasteiger partial charge < -0.3 is 9.84 Å². The highest BCUT2D eigenvalue weighted by molar-refractivity contribution is 9.10. The summed E-state index contributed by atoms with van der Waals surface area (Å²) in [6.45, 7) is 2.37. The van der Waals surface area contributed by atoms with Crippen LogP contribution in [0.5, 0.6) is 5.75 Å². The van der Waals surface area contributed by atoms with Gasteiger partial charge in [-0.1, -0.05) is 0 Å². The van der Waals surface area contributed by atoms with Crippen LogP contribution >= 0.6 is 15.9 Å². The van der Waals surface area contributed by atoms with E-state index in [1.807, 2.05) is 6.92 Å². The van der Waals surface area contributed by atoms with Crippen LogP contribution in [0.3, 0.4) is 0 Å². The predicted molar refractivity (Wildman–Crippen MR) is 49.0 cm³/mol. The zero-order valence-electron chi connectivity index (χ0n) is 6.75. The monoisotopic (exact) mass is 231 g/mol. The quantitative estimate of drug-likeness (QED) is 0.862. The van der Waals surface area contributed by atoms with Gasteiger partial charge in [-0.25, -0.2) is 0 Å². The second kappa shape index (κ2) is 4.42. The molecule has 0 aliphatic carbocycles. The Morgan fingerprint density at radius 2 is 2.42 bits per heavy atom. The van der Waals surface area contributed by atoms with Crippen molar-refractivity contribution >= 4 is 15.9 Å². The number of hydrogen-bond donors (Lipinski definition) is 1. The van der Waals surface area contributed by atoms with Crippen LogP contribution in [0.25, 0.3) is 0 Å². The van der Waals surface area contributed by atoms with Crippen molar-refractivity contribution in [2.45, 2.75) is 13.5 Å². The Bertz CT molecular complexity index is 265. The zero-order chi connectivity index (χ0) is 8.97. The van der Waals surface area contributed by atoms with E-state index in [9.17, 15) is 0 Å². The van der Waals surface area contributed by atoms with Crippen molar-refractivity contribution in [1.29, 1.82) is 0 Å². The van der Waals surface area contributed by atoms with E-state index in [4.69, 9.17) is 9.84 Å². The molecule has 0 fully saturated rings. The van der Waals surface area contributed by atoms with Gasteiger partial charge in [-0.05, 0) is 28.9 Å². The summed E-state index contributed by atoms with van der Waals surface area (Å²) in [6, 6.07) is 1.79. The van der Waals surface area contributed by atoms with Crippen molar-refractivity contribution in [2.75, 3.05) is 6.61 Å². The van der Waals surface area contributed by atoms with Crippen LogP contribution in [0, 0.1) is 0 Å². The van der Waals surface area contributed by atoms with E-state index in [0.717, 1.165) is 4.47 Å². The molecule has 0 aliphatic rings. The Labute approximate surface area is 79.5 Å². The smallest absolute Gasteiger partial charge is 0.144 e. The summed E-state index contributed by atoms with van der Waals surface area (Å²) in [7, 11) is 0. The van der Waals surface area contributed by atoms with Gasteiger partial charge in [0.2, 0.25) is 0 Å². The maximum atomic E-state index is 8.88. The van der Waals surface area contributed by atoms with Gasteiger partial charge >= 0.3 is 0 Å². The number of aliphatic hydroxyl groups excluding tert-OH is 1. The number of ether oxygens (including phenoxy) is 1. The second-order valence-electron chi connectivity index (χ2n) is 2.19. The molecular formula is C8H10BrNO2. The molecule has 0 radical (unpaired) electrons. The SMILES string of the molecule is CCOc1cc(Br)cnc1CO. The number of hydrogen-bond acceptors (Lipinski definition) is 3.